The van der Waals surface area contributed by atoms with Crippen LogP contribution >= 0.6 is 23.2 Å². The number of halogens is 2. The Kier molecular flexibility index (Phi) is 7.66. The summed E-state index contributed by atoms with van der Waals surface area (Å²) >= 11 is 12.7. The Hall–Kier alpha value is -2.89. The lowest BCUT2D eigenvalue weighted by Gasteiger charge is -2.16. The van der Waals surface area contributed by atoms with E-state index in [1.165, 1.54) is 0 Å². The van der Waals surface area contributed by atoms with Gasteiger partial charge in [0, 0.05) is 33.9 Å². The van der Waals surface area contributed by atoms with Crippen LogP contribution in [-0.4, -0.2) is 17.7 Å². The fourth-order valence-corrected chi connectivity index (χ4v) is 3.46. The molecule has 31 heavy (non-hydrogen) atoms. The zero-order valence-corrected chi connectivity index (χ0v) is 18.8. The van der Waals surface area contributed by atoms with Crippen molar-refractivity contribution in [2.24, 2.45) is 0 Å². The lowest BCUT2D eigenvalue weighted by Crippen LogP contribution is -2.05. The first-order valence-electron chi connectivity index (χ1n) is 9.78. The normalized spacial score (nSPS) is 10.6. The van der Waals surface area contributed by atoms with Gasteiger partial charge in [0.25, 0.3) is 0 Å². The standard InChI is InChI=1S/C24H23Cl2NO4/c1-3-30-22-11-18(13-27-21-9-8-16(24(28)29)10-15(21)2)20(26)12-23(22)31-14-17-6-4-5-7-19(17)25/h4-12,27H,3,13-14H2,1-2H3,(H,28,29). The molecule has 0 saturated carbocycles. The van der Waals surface area contributed by atoms with E-state index in [1.54, 1.807) is 24.3 Å². The third-order valence-electron chi connectivity index (χ3n) is 4.70. The van der Waals surface area contributed by atoms with Gasteiger partial charge in [-0.1, -0.05) is 41.4 Å². The predicted octanol–water partition coefficient (Wildman–Crippen LogP) is 6.59. The highest BCUT2D eigenvalue weighted by molar-refractivity contribution is 6.31. The van der Waals surface area contributed by atoms with Gasteiger partial charge in [-0.25, -0.2) is 4.79 Å². The van der Waals surface area contributed by atoms with Crippen molar-refractivity contribution in [2.45, 2.75) is 27.0 Å². The minimum absolute atomic E-state index is 0.250. The van der Waals surface area contributed by atoms with Gasteiger partial charge in [0.2, 0.25) is 0 Å². The molecule has 3 aromatic rings. The number of aryl methyl sites for hydroxylation is 1. The Morgan fingerprint density at radius 3 is 2.39 bits per heavy atom. The molecule has 2 N–H and O–H groups in total. The molecule has 0 amide bonds. The maximum absolute atomic E-state index is 11.1. The van der Waals surface area contributed by atoms with Gasteiger partial charge in [-0.05, 0) is 55.3 Å². The largest absolute Gasteiger partial charge is 0.490 e. The third kappa shape index (κ3) is 5.84. The molecule has 7 heteroatoms. The molecular weight excluding hydrogens is 437 g/mol. The van der Waals surface area contributed by atoms with Crippen molar-refractivity contribution in [3.8, 4) is 11.5 Å². The number of carbonyl (C=O) groups is 1. The lowest BCUT2D eigenvalue weighted by atomic mass is 10.1. The van der Waals surface area contributed by atoms with E-state index < -0.39 is 5.97 Å². The molecule has 0 unspecified atom stereocenters. The molecular formula is C24H23Cl2NO4. The molecule has 0 aliphatic carbocycles. The van der Waals surface area contributed by atoms with Gasteiger partial charge in [0.05, 0.1) is 12.2 Å². The van der Waals surface area contributed by atoms with Crippen LogP contribution in [0, 0.1) is 6.92 Å². The Morgan fingerprint density at radius 1 is 0.968 bits per heavy atom. The monoisotopic (exact) mass is 459 g/mol. The van der Waals surface area contributed by atoms with Crippen LogP contribution in [0.5, 0.6) is 11.5 Å². The SMILES string of the molecule is CCOc1cc(CNc2ccc(C(=O)O)cc2C)c(Cl)cc1OCc1ccccc1Cl. The van der Waals surface area contributed by atoms with Gasteiger partial charge in [0.15, 0.2) is 11.5 Å². The van der Waals surface area contributed by atoms with Crippen LogP contribution in [-0.2, 0) is 13.2 Å². The number of nitrogens with one attached hydrogen (secondary N) is 1. The number of benzene rings is 3. The van der Waals surface area contributed by atoms with Crippen LogP contribution in [0.2, 0.25) is 10.0 Å². The number of carboxylic acid groups (broad SMARTS) is 1. The smallest absolute Gasteiger partial charge is 0.335 e. The topological polar surface area (TPSA) is 67.8 Å². The summed E-state index contributed by atoms with van der Waals surface area (Å²) in [5, 5.41) is 13.6. The van der Waals surface area contributed by atoms with E-state index >= 15 is 0 Å². The van der Waals surface area contributed by atoms with E-state index in [0.29, 0.717) is 41.3 Å². The first-order valence-corrected chi connectivity index (χ1v) is 10.5. The van der Waals surface area contributed by atoms with E-state index in [0.717, 1.165) is 22.4 Å². The van der Waals surface area contributed by atoms with Crippen LogP contribution < -0.4 is 14.8 Å². The number of anilines is 1. The van der Waals surface area contributed by atoms with Crippen LogP contribution in [0.15, 0.2) is 54.6 Å². The van der Waals surface area contributed by atoms with E-state index in [9.17, 15) is 4.79 Å². The number of ether oxygens (including phenoxy) is 2. The number of hydrogen-bond donors (Lipinski definition) is 2. The van der Waals surface area contributed by atoms with Crippen molar-refractivity contribution in [3.63, 3.8) is 0 Å². The Morgan fingerprint density at radius 2 is 1.71 bits per heavy atom. The summed E-state index contributed by atoms with van der Waals surface area (Å²) in [5.41, 5.74) is 3.62. The summed E-state index contributed by atoms with van der Waals surface area (Å²) in [5.74, 6) is 0.178. The molecule has 0 radical (unpaired) electrons. The van der Waals surface area contributed by atoms with Gasteiger partial charge in [0.1, 0.15) is 6.61 Å². The molecule has 3 rings (SSSR count). The summed E-state index contributed by atoms with van der Waals surface area (Å²) in [4.78, 5) is 11.1. The Bertz CT molecular complexity index is 1090. The molecule has 0 saturated heterocycles. The van der Waals surface area contributed by atoms with Crippen molar-refractivity contribution in [2.75, 3.05) is 11.9 Å². The van der Waals surface area contributed by atoms with Crippen LogP contribution in [0.3, 0.4) is 0 Å². The molecule has 0 atom stereocenters. The quantitative estimate of drug-likeness (QED) is 0.377. The second kappa shape index (κ2) is 10.4. The minimum Gasteiger partial charge on any atom is -0.490 e. The van der Waals surface area contributed by atoms with Gasteiger partial charge in [-0.15, -0.1) is 0 Å². The maximum atomic E-state index is 11.1. The molecule has 0 aliphatic heterocycles. The van der Waals surface area contributed by atoms with Gasteiger partial charge < -0.3 is 19.9 Å². The molecule has 0 aromatic heterocycles. The average molecular weight is 460 g/mol. The van der Waals surface area contributed by atoms with Crippen molar-refractivity contribution < 1.29 is 19.4 Å². The molecule has 0 fully saturated rings. The number of aromatic carboxylic acids is 1. The highest BCUT2D eigenvalue weighted by Crippen LogP contribution is 2.35. The molecule has 162 valence electrons. The zero-order valence-electron chi connectivity index (χ0n) is 17.2. The van der Waals surface area contributed by atoms with Crippen molar-refractivity contribution >= 4 is 34.9 Å². The molecule has 0 heterocycles. The first kappa shape index (κ1) is 22.8. The van der Waals surface area contributed by atoms with Gasteiger partial charge in [-0.2, -0.15) is 0 Å². The number of carboxylic acids is 1. The summed E-state index contributed by atoms with van der Waals surface area (Å²) in [6.07, 6.45) is 0. The highest BCUT2D eigenvalue weighted by Gasteiger charge is 2.13. The van der Waals surface area contributed by atoms with Crippen molar-refractivity contribution in [3.05, 3.63) is 86.9 Å². The van der Waals surface area contributed by atoms with Crippen LogP contribution in [0.4, 0.5) is 5.69 Å². The summed E-state index contributed by atoms with van der Waals surface area (Å²) in [7, 11) is 0. The summed E-state index contributed by atoms with van der Waals surface area (Å²) in [6.45, 7) is 4.97. The number of hydrogen-bond acceptors (Lipinski definition) is 4. The average Bonchev–Trinajstić information content (AvgIpc) is 2.74. The van der Waals surface area contributed by atoms with Crippen molar-refractivity contribution in [1.82, 2.24) is 0 Å². The van der Waals surface area contributed by atoms with E-state index in [2.05, 4.69) is 5.32 Å². The fraction of sp³-hybridized carbons (Fsp3) is 0.208. The minimum atomic E-state index is -0.952. The molecule has 0 spiro atoms. The summed E-state index contributed by atoms with van der Waals surface area (Å²) in [6, 6.07) is 16.0. The van der Waals surface area contributed by atoms with Crippen molar-refractivity contribution in [1.29, 1.82) is 0 Å². The Labute approximate surface area is 191 Å². The zero-order chi connectivity index (χ0) is 22.4. The second-order valence-electron chi connectivity index (χ2n) is 6.89. The first-order chi connectivity index (χ1) is 14.9. The summed E-state index contributed by atoms with van der Waals surface area (Å²) < 4.78 is 11.7. The van der Waals surface area contributed by atoms with Gasteiger partial charge >= 0.3 is 5.97 Å². The van der Waals surface area contributed by atoms with Crippen LogP contribution in [0.25, 0.3) is 0 Å². The highest BCUT2D eigenvalue weighted by atomic mass is 35.5. The number of rotatable bonds is 9. The molecule has 3 aromatic carbocycles. The molecule has 0 aliphatic rings. The second-order valence-corrected chi connectivity index (χ2v) is 7.71. The molecule has 5 nitrogen and oxygen atoms in total. The maximum Gasteiger partial charge on any atom is 0.335 e. The lowest BCUT2D eigenvalue weighted by molar-refractivity contribution is 0.0697. The van der Waals surface area contributed by atoms with Gasteiger partial charge in [-0.3, -0.25) is 0 Å². The predicted molar refractivity (Wildman–Crippen MR) is 124 cm³/mol. The third-order valence-corrected chi connectivity index (χ3v) is 5.42. The van der Waals surface area contributed by atoms with E-state index in [1.807, 2.05) is 44.2 Å². The molecule has 0 bridgehead atoms. The Balaban J connectivity index is 1.76. The fourth-order valence-electron chi connectivity index (χ4n) is 3.05. The van der Waals surface area contributed by atoms with Crippen LogP contribution in [0.1, 0.15) is 34.0 Å². The van der Waals surface area contributed by atoms with E-state index in [4.69, 9.17) is 37.8 Å². The van der Waals surface area contributed by atoms with E-state index in [-0.39, 0.29) is 5.56 Å².